The number of aliphatic carboxylic acids is 1. The van der Waals surface area contributed by atoms with Crippen molar-refractivity contribution in [1.82, 2.24) is 4.90 Å². The number of nitrogens with zero attached hydrogens (tertiary/aromatic N) is 1. The van der Waals surface area contributed by atoms with Gasteiger partial charge in [0, 0.05) is 11.9 Å². The lowest BCUT2D eigenvalue weighted by Crippen LogP contribution is -2.30. The molecule has 0 amide bonds. The molecule has 15 heavy (non-hydrogen) atoms. The normalized spacial score (nSPS) is 36.5. The van der Waals surface area contributed by atoms with E-state index in [9.17, 15) is 4.79 Å². The average molecular weight is 276 g/mol. The summed E-state index contributed by atoms with van der Waals surface area (Å²) in [6.07, 6.45) is 5.09. The molecule has 1 saturated carbocycles. The molecule has 86 valence electrons. The summed E-state index contributed by atoms with van der Waals surface area (Å²) in [7, 11) is 0. The zero-order chi connectivity index (χ0) is 10.9. The Morgan fingerprint density at radius 2 is 2.33 bits per heavy atom. The van der Waals surface area contributed by atoms with E-state index in [0.29, 0.717) is 5.41 Å². The SMILES string of the molecule is O=C(O)CN1CCC2(CCC(CBr)C2)C1. The standard InChI is InChI=1S/C11H18BrNO2/c12-6-9-1-2-11(5-9)3-4-13(8-11)7-10(14)15/h9H,1-8H2,(H,14,15). The number of rotatable bonds is 3. The number of carboxylic acids is 1. The van der Waals surface area contributed by atoms with Gasteiger partial charge in [-0.15, -0.1) is 0 Å². The maximum Gasteiger partial charge on any atom is 0.317 e. The molecule has 4 heteroatoms. The van der Waals surface area contributed by atoms with E-state index in [1.807, 2.05) is 0 Å². The lowest BCUT2D eigenvalue weighted by molar-refractivity contribution is -0.138. The number of halogens is 1. The van der Waals surface area contributed by atoms with Gasteiger partial charge in [-0.05, 0) is 43.6 Å². The van der Waals surface area contributed by atoms with Crippen molar-refractivity contribution in [2.45, 2.75) is 25.7 Å². The van der Waals surface area contributed by atoms with Crippen LogP contribution in [0.3, 0.4) is 0 Å². The van der Waals surface area contributed by atoms with E-state index in [2.05, 4.69) is 20.8 Å². The Morgan fingerprint density at radius 3 is 2.93 bits per heavy atom. The van der Waals surface area contributed by atoms with Gasteiger partial charge in [-0.2, -0.15) is 0 Å². The minimum absolute atomic E-state index is 0.223. The molecule has 2 fully saturated rings. The molecule has 1 aliphatic heterocycles. The Hall–Kier alpha value is -0.0900. The van der Waals surface area contributed by atoms with Crippen molar-refractivity contribution in [1.29, 1.82) is 0 Å². The molecule has 0 radical (unpaired) electrons. The Balaban J connectivity index is 1.89. The Morgan fingerprint density at radius 1 is 1.53 bits per heavy atom. The van der Waals surface area contributed by atoms with Crippen LogP contribution in [-0.4, -0.2) is 40.9 Å². The predicted octanol–water partition coefficient (Wildman–Crippen LogP) is 1.96. The molecular weight excluding hydrogens is 258 g/mol. The Bertz CT molecular complexity index is 259. The van der Waals surface area contributed by atoms with Crippen molar-refractivity contribution in [2.24, 2.45) is 11.3 Å². The highest BCUT2D eigenvalue weighted by Crippen LogP contribution is 2.48. The summed E-state index contributed by atoms with van der Waals surface area (Å²) in [5, 5.41) is 9.86. The van der Waals surface area contributed by atoms with Gasteiger partial charge in [-0.3, -0.25) is 9.69 Å². The van der Waals surface area contributed by atoms with Gasteiger partial charge in [0.2, 0.25) is 0 Å². The number of carbonyl (C=O) groups is 1. The van der Waals surface area contributed by atoms with E-state index >= 15 is 0 Å². The summed E-state index contributed by atoms with van der Waals surface area (Å²) in [6, 6.07) is 0. The second-order valence-corrected chi connectivity index (χ2v) is 5.77. The van der Waals surface area contributed by atoms with E-state index in [0.717, 1.165) is 24.3 Å². The maximum atomic E-state index is 10.6. The molecule has 2 atom stereocenters. The van der Waals surface area contributed by atoms with Crippen LogP contribution in [0.2, 0.25) is 0 Å². The topological polar surface area (TPSA) is 40.5 Å². The van der Waals surface area contributed by atoms with Crippen LogP contribution < -0.4 is 0 Å². The first-order chi connectivity index (χ1) is 7.13. The zero-order valence-electron chi connectivity index (χ0n) is 8.91. The van der Waals surface area contributed by atoms with Crippen LogP contribution in [0.15, 0.2) is 0 Å². The van der Waals surface area contributed by atoms with Gasteiger partial charge in [-0.1, -0.05) is 15.9 Å². The minimum Gasteiger partial charge on any atom is -0.480 e. The molecule has 2 aliphatic rings. The quantitative estimate of drug-likeness (QED) is 0.801. The van der Waals surface area contributed by atoms with Crippen molar-refractivity contribution >= 4 is 21.9 Å². The molecule has 0 bridgehead atoms. The predicted molar refractivity (Wildman–Crippen MR) is 62.3 cm³/mol. The van der Waals surface area contributed by atoms with Gasteiger partial charge in [0.25, 0.3) is 0 Å². The first-order valence-electron chi connectivity index (χ1n) is 5.64. The Kier molecular flexibility index (Phi) is 3.36. The van der Waals surface area contributed by atoms with E-state index in [1.54, 1.807) is 0 Å². The fourth-order valence-electron chi connectivity index (χ4n) is 3.18. The Labute approximate surface area is 99.0 Å². The monoisotopic (exact) mass is 275 g/mol. The van der Waals surface area contributed by atoms with Crippen LogP contribution in [0.1, 0.15) is 25.7 Å². The molecular formula is C11H18BrNO2. The van der Waals surface area contributed by atoms with Crippen LogP contribution in [0, 0.1) is 11.3 Å². The van der Waals surface area contributed by atoms with Crippen molar-refractivity contribution in [2.75, 3.05) is 25.0 Å². The van der Waals surface area contributed by atoms with Gasteiger partial charge >= 0.3 is 5.97 Å². The summed E-state index contributed by atoms with van der Waals surface area (Å²) >= 11 is 3.55. The summed E-state index contributed by atoms with van der Waals surface area (Å²) in [6.45, 7) is 2.20. The highest BCUT2D eigenvalue weighted by molar-refractivity contribution is 9.09. The molecule has 0 aromatic heterocycles. The maximum absolute atomic E-state index is 10.6. The smallest absolute Gasteiger partial charge is 0.317 e. The van der Waals surface area contributed by atoms with Crippen molar-refractivity contribution in [3.8, 4) is 0 Å². The molecule has 1 aliphatic carbocycles. The highest BCUT2D eigenvalue weighted by atomic mass is 79.9. The van der Waals surface area contributed by atoms with Gasteiger partial charge in [-0.25, -0.2) is 0 Å². The van der Waals surface area contributed by atoms with Crippen molar-refractivity contribution < 1.29 is 9.90 Å². The number of hydrogen-bond donors (Lipinski definition) is 1. The summed E-state index contributed by atoms with van der Waals surface area (Å²) < 4.78 is 0. The van der Waals surface area contributed by atoms with Crippen LogP contribution in [0.4, 0.5) is 0 Å². The third-order valence-corrected chi connectivity index (χ3v) is 4.81. The van der Waals surface area contributed by atoms with Crippen LogP contribution in [0.25, 0.3) is 0 Å². The third kappa shape index (κ3) is 2.53. The molecule has 1 saturated heterocycles. The van der Waals surface area contributed by atoms with Crippen LogP contribution in [0.5, 0.6) is 0 Å². The molecule has 1 spiro atoms. The van der Waals surface area contributed by atoms with E-state index in [4.69, 9.17) is 5.11 Å². The first kappa shape index (κ1) is 11.4. The number of likely N-dealkylation sites (tertiary alicyclic amines) is 1. The van der Waals surface area contributed by atoms with E-state index in [-0.39, 0.29) is 6.54 Å². The summed E-state index contributed by atoms with van der Waals surface area (Å²) in [5.74, 6) is 0.122. The van der Waals surface area contributed by atoms with E-state index in [1.165, 1.54) is 25.7 Å². The molecule has 1 N–H and O–H groups in total. The fourth-order valence-corrected chi connectivity index (χ4v) is 3.74. The van der Waals surface area contributed by atoms with Gasteiger partial charge in [0.15, 0.2) is 0 Å². The lowest BCUT2D eigenvalue weighted by Gasteiger charge is -2.23. The molecule has 0 aromatic rings. The minimum atomic E-state index is -0.693. The second-order valence-electron chi connectivity index (χ2n) is 5.12. The number of carboxylic acid groups (broad SMARTS) is 1. The third-order valence-electron chi connectivity index (χ3n) is 3.90. The molecule has 0 aromatic carbocycles. The van der Waals surface area contributed by atoms with Crippen molar-refractivity contribution in [3.05, 3.63) is 0 Å². The average Bonchev–Trinajstić information content (AvgIpc) is 2.74. The largest absolute Gasteiger partial charge is 0.480 e. The fraction of sp³-hybridized carbons (Fsp3) is 0.909. The van der Waals surface area contributed by atoms with Crippen molar-refractivity contribution in [3.63, 3.8) is 0 Å². The molecule has 2 rings (SSSR count). The van der Waals surface area contributed by atoms with Gasteiger partial charge in [0.1, 0.15) is 0 Å². The number of hydrogen-bond acceptors (Lipinski definition) is 2. The molecule has 3 nitrogen and oxygen atoms in total. The highest BCUT2D eigenvalue weighted by Gasteiger charge is 2.43. The summed E-state index contributed by atoms with van der Waals surface area (Å²) in [5.41, 5.74) is 0.452. The number of alkyl halides is 1. The van der Waals surface area contributed by atoms with Crippen LogP contribution in [-0.2, 0) is 4.79 Å². The second kappa shape index (κ2) is 4.42. The first-order valence-corrected chi connectivity index (χ1v) is 6.76. The molecule has 1 heterocycles. The van der Waals surface area contributed by atoms with Gasteiger partial charge < -0.3 is 5.11 Å². The zero-order valence-corrected chi connectivity index (χ0v) is 10.5. The van der Waals surface area contributed by atoms with Gasteiger partial charge in [0.05, 0.1) is 6.54 Å². The summed E-state index contributed by atoms with van der Waals surface area (Å²) in [4.78, 5) is 12.7. The lowest BCUT2D eigenvalue weighted by atomic mass is 9.85. The van der Waals surface area contributed by atoms with E-state index < -0.39 is 5.97 Å². The van der Waals surface area contributed by atoms with Crippen LogP contribution >= 0.6 is 15.9 Å². The molecule has 2 unspecified atom stereocenters.